The van der Waals surface area contributed by atoms with Crippen LogP contribution in [0.25, 0.3) is 0 Å². The van der Waals surface area contributed by atoms with E-state index in [2.05, 4.69) is 9.97 Å². The Hall–Kier alpha value is -1.81. The van der Waals surface area contributed by atoms with Crippen LogP contribution in [0, 0.1) is 0 Å². The van der Waals surface area contributed by atoms with Crippen LogP contribution in [0.3, 0.4) is 0 Å². The van der Waals surface area contributed by atoms with Crippen LogP contribution in [-0.2, 0) is 6.18 Å². The van der Waals surface area contributed by atoms with Gasteiger partial charge in [0, 0.05) is 6.07 Å². The Kier molecular flexibility index (Phi) is 4.06. The smallest absolute Gasteiger partial charge is 0.384 e. The average molecular weight is 292 g/mol. The molecule has 0 saturated heterocycles. The van der Waals surface area contributed by atoms with E-state index in [4.69, 9.17) is 5.73 Å². The molecule has 3 N–H and O–H groups in total. The van der Waals surface area contributed by atoms with Crippen molar-refractivity contribution in [2.45, 2.75) is 18.5 Å². The molecule has 19 heavy (non-hydrogen) atoms. The Morgan fingerprint density at radius 1 is 1.16 bits per heavy atom. The minimum atomic E-state index is -4.93. The average Bonchev–Trinajstić information content (AvgIpc) is 2.24. The highest BCUT2D eigenvalue weighted by molar-refractivity contribution is 5.45. The van der Waals surface area contributed by atoms with Gasteiger partial charge in [-0.1, -0.05) is 0 Å². The quantitative estimate of drug-likeness (QED) is 0.836. The maximum atomic E-state index is 12.6. The van der Waals surface area contributed by atoms with E-state index < -0.39 is 42.5 Å². The van der Waals surface area contributed by atoms with Gasteiger partial charge >= 0.3 is 18.5 Å². The highest BCUT2D eigenvalue weighted by Gasteiger charge is 2.41. The molecule has 4 nitrogen and oxygen atoms in total. The minimum absolute atomic E-state index is 0.634. The van der Waals surface area contributed by atoms with Crippen LogP contribution < -0.4 is 11.1 Å². The van der Waals surface area contributed by atoms with Gasteiger partial charge in [-0.25, -0.2) is 18.7 Å². The van der Waals surface area contributed by atoms with E-state index in [1.54, 1.807) is 5.32 Å². The number of nitrogens with one attached hydrogen (secondary N) is 1. The zero-order chi connectivity index (χ0) is 14.8. The topological polar surface area (TPSA) is 63.8 Å². The molecule has 11 heteroatoms. The molecular weight excluding hydrogens is 285 g/mol. The molecule has 0 unspecified atom stereocenters. The summed E-state index contributed by atoms with van der Waals surface area (Å²) in [6, 6.07) is 0.719. The number of halogens is 7. The SMILES string of the molecule is Nc1cc(NCC(F)(F)C(F)F)nc(C(F)(F)F)n1. The van der Waals surface area contributed by atoms with Gasteiger partial charge in [-0.15, -0.1) is 0 Å². The van der Waals surface area contributed by atoms with Crippen molar-refractivity contribution in [1.29, 1.82) is 0 Å². The van der Waals surface area contributed by atoms with Gasteiger partial charge < -0.3 is 11.1 Å². The molecule has 108 valence electrons. The fraction of sp³-hybridized carbons (Fsp3) is 0.500. The fourth-order valence-electron chi connectivity index (χ4n) is 0.969. The number of hydrogen-bond acceptors (Lipinski definition) is 4. The number of alkyl halides is 7. The van der Waals surface area contributed by atoms with Gasteiger partial charge in [0.25, 0.3) is 0 Å². The van der Waals surface area contributed by atoms with Crippen molar-refractivity contribution in [3.05, 3.63) is 11.9 Å². The predicted molar refractivity (Wildman–Crippen MR) is 50.9 cm³/mol. The number of nitrogen functional groups attached to an aromatic ring is 1. The summed E-state index contributed by atoms with van der Waals surface area (Å²) in [7, 11) is 0. The number of aromatic nitrogens is 2. The third-order valence-corrected chi connectivity index (χ3v) is 1.82. The summed E-state index contributed by atoms with van der Waals surface area (Å²) in [5.41, 5.74) is 5.03. The van der Waals surface area contributed by atoms with E-state index in [9.17, 15) is 30.7 Å². The third kappa shape index (κ3) is 4.10. The standard InChI is InChI=1S/C8H7F7N4/c9-5(10)7(11,12)2-17-4-1-3(16)18-6(19-4)8(13,14)15/h1,5H,2H2,(H3,16,17,18,19). The van der Waals surface area contributed by atoms with Crippen molar-refractivity contribution in [1.82, 2.24) is 9.97 Å². The van der Waals surface area contributed by atoms with Crippen LogP contribution >= 0.6 is 0 Å². The van der Waals surface area contributed by atoms with Gasteiger partial charge in [0.1, 0.15) is 11.6 Å². The second-order valence-corrected chi connectivity index (χ2v) is 3.41. The second-order valence-electron chi connectivity index (χ2n) is 3.41. The molecule has 0 spiro atoms. The van der Waals surface area contributed by atoms with Gasteiger partial charge in [-0.2, -0.15) is 22.0 Å². The van der Waals surface area contributed by atoms with Crippen LogP contribution in [0.1, 0.15) is 5.82 Å². The Bertz CT molecular complexity index is 445. The maximum absolute atomic E-state index is 12.6. The van der Waals surface area contributed by atoms with Crippen molar-refractivity contribution in [3.63, 3.8) is 0 Å². The first-order valence-corrected chi connectivity index (χ1v) is 4.64. The molecule has 0 bridgehead atoms. The lowest BCUT2D eigenvalue weighted by molar-refractivity contribution is -0.144. The van der Waals surface area contributed by atoms with Crippen LogP contribution in [-0.4, -0.2) is 28.9 Å². The van der Waals surface area contributed by atoms with E-state index in [1.807, 2.05) is 0 Å². The molecule has 1 rings (SSSR count). The molecule has 0 amide bonds. The minimum Gasteiger partial charge on any atom is -0.384 e. The Morgan fingerprint density at radius 3 is 2.21 bits per heavy atom. The lowest BCUT2D eigenvalue weighted by Gasteiger charge is -2.16. The largest absolute Gasteiger partial charge is 0.451 e. The summed E-state index contributed by atoms with van der Waals surface area (Å²) >= 11 is 0. The van der Waals surface area contributed by atoms with Crippen molar-refractivity contribution >= 4 is 11.6 Å². The Labute approximate surface area is 101 Å². The number of hydrogen-bond donors (Lipinski definition) is 2. The number of anilines is 2. The fourth-order valence-corrected chi connectivity index (χ4v) is 0.969. The molecule has 1 aromatic heterocycles. The van der Waals surface area contributed by atoms with Crippen LogP contribution in [0.2, 0.25) is 0 Å². The molecule has 0 atom stereocenters. The van der Waals surface area contributed by atoms with Crippen molar-refractivity contribution < 1.29 is 30.7 Å². The van der Waals surface area contributed by atoms with E-state index in [0.29, 0.717) is 0 Å². The third-order valence-electron chi connectivity index (χ3n) is 1.82. The molecule has 0 saturated carbocycles. The number of nitrogens with two attached hydrogens (primary N) is 1. The molecule has 0 fully saturated rings. The van der Waals surface area contributed by atoms with E-state index in [-0.39, 0.29) is 0 Å². The normalized spacial score (nSPS) is 12.8. The van der Waals surface area contributed by atoms with Crippen LogP contribution in [0.5, 0.6) is 0 Å². The highest BCUT2D eigenvalue weighted by atomic mass is 19.4. The molecule has 0 aliphatic rings. The lowest BCUT2D eigenvalue weighted by atomic mass is 10.3. The summed E-state index contributed by atoms with van der Waals surface area (Å²) in [6.07, 6.45) is -8.89. The zero-order valence-corrected chi connectivity index (χ0v) is 8.98. The van der Waals surface area contributed by atoms with Gasteiger partial charge in [0.2, 0.25) is 5.82 Å². The van der Waals surface area contributed by atoms with Gasteiger partial charge in [0.15, 0.2) is 0 Å². The molecule has 0 aliphatic heterocycles. The molecule has 1 heterocycles. The van der Waals surface area contributed by atoms with E-state index >= 15 is 0 Å². The summed E-state index contributed by atoms with van der Waals surface area (Å²) < 4.78 is 85.6. The van der Waals surface area contributed by atoms with E-state index in [1.165, 1.54) is 0 Å². The lowest BCUT2D eigenvalue weighted by Crippen LogP contribution is -2.35. The molecule has 0 aliphatic carbocycles. The van der Waals surface area contributed by atoms with Gasteiger partial charge in [-0.3, -0.25) is 0 Å². The molecule has 1 aromatic rings. The van der Waals surface area contributed by atoms with Gasteiger partial charge in [-0.05, 0) is 0 Å². The Balaban J connectivity index is 2.88. The number of nitrogens with zero attached hydrogens (tertiary/aromatic N) is 2. The molecule has 0 aromatic carbocycles. The highest BCUT2D eigenvalue weighted by Crippen LogP contribution is 2.28. The van der Waals surface area contributed by atoms with Gasteiger partial charge in [0.05, 0.1) is 6.54 Å². The second kappa shape index (κ2) is 5.05. The summed E-state index contributed by atoms with van der Waals surface area (Å²) in [6.45, 7) is -1.58. The Morgan fingerprint density at radius 2 is 1.74 bits per heavy atom. The van der Waals surface area contributed by atoms with Crippen LogP contribution in [0.4, 0.5) is 42.4 Å². The summed E-state index contributed by atoms with van der Waals surface area (Å²) in [5, 5.41) is 1.66. The summed E-state index contributed by atoms with van der Waals surface area (Å²) in [5.74, 6) is -7.42. The van der Waals surface area contributed by atoms with Crippen molar-refractivity contribution in [2.24, 2.45) is 0 Å². The monoisotopic (exact) mass is 292 g/mol. The van der Waals surface area contributed by atoms with E-state index in [0.717, 1.165) is 6.07 Å². The first-order chi connectivity index (χ1) is 8.52. The summed E-state index contributed by atoms with van der Waals surface area (Å²) in [4.78, 5) is 5.71. The maximum Gasteiger partial charge on any atom is 0.451 e. The van der Waals surface area contributed by atoms with Crippen molar-refractivity contribution in [3.8, 4) is 0 Å². The molecular formula is C8H7F7N4. The zero-order valence-electron chi connectivity index (χ0n) is 8.98. The molecule has 0 radical (unpaired) electrons. The number of rotatable bonds is 4. The van der Waals surface area contributed by atoms with Crippen molar-refractivity contribution in [2.75, 3.05) is 17.6 Å². The first kappa shape index (κ1) is 15.2. The predicted octanol–water partition coefficient (Wildman–Crippen LogP) is 2.39. The van der Waals surface area contributed by atoms with Crippen LogP contribution in [0.15, 0.2) is 6.07 Å². The first-order valence-electron chi connectivity index (χ1n) is 4.64.